The Bertz CT molecular complexity index is 474. The first kappa shape index (κ1) is 10.8. The third-order valence-electron chi connectivity index (χ3n) is 4.42. The monoisotopic (exact) mass is 224 g/mol. The van der Waals surface area contributed by atoms with Crippen LogP contribution in [0.3, 0.4) is 0 Å². The van der Waals surface area contributed by atoms with Crippen molar-refractivity contribution in [3.63, 3.8) is 0 Å². The first-order valence-electron chi connectivity index (χ1n) is 6.63. The van der Waals surface area contributed by atoms with Gasteiger partial charge in [-0.2, -0.15) is 0 Å². The van der Waals surface area contributed by atoms with Crippen LogP contribution in [-0.2, 0) is 0 Å². The lowest BCUT2D eigenvalue weighted by atomic mass is 9.68. The molecule has 0 N–H and O–H groups in total. The van der Waals surface area contributed by atoms with E-state index < -0.39 is 0 Å². The van der Waals surface area contributed by atoms with Crippen LogP contribution in [0.2, 0.25) is 0 Å². The third-order valence-corrected chi connectivity index (χ3v) is 4.42. The molecule has 1 unspecified atom stereocenters. The van der Waals surface area contributed by atoms with Gasteiger partial charge in [0.25, 0.3) is 0 Å². The van der Waals surface area contributed by atoms with Crippen LogP contribution in [0, 0.1) is 5.41 Å². The minimum absolute atomic E-state index is 0.407. The molecular weight excluding hydrogens is 204 g/mol. The molecule has 0 saturated carbocycles. The van der Waals surface area contributed by atoms with Gasteiger partial charge in [-0.05, 0) is 35.8 Å². The minimum atomic E-state index is 0.407. The molecule has 0 amide bonds. The zero-order valence-electron chi connectivity index (χ0n) is 10.7. The molecule has 0 heterocycles. The molecule has 1 aromatic carbocycles. The van der Waals surface area contributed by atoms with Gasteiger partial charge >= 0.3 is 0 Å². The summed E-state index contributed by atoms with van der Waals surface area (Å²) in [5.74, 6) is 0.637. The van der Waals surface area contributed by atoms with Crippen molar-refractivity contribution >= 4 is 0 Å². The number of rotatable bonds is 1. The third kappa shape index (κ3) is 1.76. The van der Waals surface area contributed by atoms with Gasteiger partial charge in [0.15, 0.2) is 0 Å². The normalized spacial score (nSPS) is 26.1. The molecule has 2 aliphatic carbocycles. The van der Waals surface area contributed by atoms with E-state index in [9.17, 15) is 0 Å². The van der Waals surface area contributed by atoms with Crippen LogP contribution in [0.4, 0.5) is 0 Å². The van der Waals surface area contributed by atoms with E-state index in [1.54, 1.807) is 11.1 Å². The second kappa shape index (κ2) is 3.87. The van der Waals surface area contributed by atoms with Crippen LogP contribution in [0.1, 0.15) is 44.6 Å². The Hall–Kier alpha value is -1.30. The van der Waals surface area contributed by atoms with Crippen molar-refractivity contribution < 1.29 is 0 Å². The van der Waals surface area contributed by atoms with Gasteiger partial charge in [-0.25, -0.2) is 0 Å². The lowest BCUT2D eigenvalue weighted by molar-refractivity contribution is 0.351. The molecule has 88 valence electrons. The largest absolute Gasteiger partial charge is 0.0801 e. The Morgan fingerprint density at radius 1 is 1.12 bits per heavy atom. The van der Waals surface area contributed by atoms with Crippen LogP contribution < -0.4 is 0 Å². The standard InChI is InChI=1S/C17H20/c1-17(2)12-11-14(13-7-4-3-5-8-13)15-9-6-10-16(15)17/h3-9,14H,10-12H2,1-2H3. The van der Waals surface area contributed by atoms with Crippen molar-refractivity contribution in [1.82, 2.24) is 0 Å². The van der Waals surface area contributed by atoms with Crippen LogP contribution in [0.15, 0.2) is 53.6 Å². The topological polar surface area (TPSA) is 0 Å². The van der Waals surface area contributed by atoms with Gasteiger partial charge < -0.3 is 0 Å². The molecule has 0 radical (unpaired) electrons. The summed E-state index contributed by atoms with van der Waals surface area (Å²) in [6.07, 6.45) is 8.49. The Kier molecular flexibility index (Phi) is 2.47. The van der Waals surface area contributed by atoms with E-state index >= 15 is 0 Å². The summed E-state index contributed by atoms with van der Waals surface area (Å²) in [4.78, 5) is 0. The zero-order chi connectivity index (χ0) is 11.9. The van der Waals surface area contributed by atoms with E-state index in [-0.39, 0.29) is 0 Å². The summed E-state index contributed by atoms with van der Waals surface area (Å²) >= 11 is 0. The summed E-state index contributed by atoms with van der Waals surface area (Å²) < 4.78 is 0. The Morgan fingerprint density at radius 3 is 2.65 bits per heavy atom. The van der Waals surface area contributed by atoms with E-state index in [0.717, 1.165) is 0 Å². The Balaban J connectivity index is 2.04. The van der Waals surface area contributed by atoms with Crippen molar-refractivity contribution in [2.75, 3.05) is 0 Å². The second-order valence-corrected chi connectivity index (χ2v) is 5.93. The highest BCUT2D eigenvalue weighted by atomic mass is 14.4. The summed E-state index contributed by atoms with van der Waals surface area (Å²) in [6, 6.07) is 11.0. The van der Waals surface area contributed by atoms with Gasteiger partial charge in [-0.15, -0.1) is 0 Å². The van der Waals surface area contributed by atoms with Gasteiger partial charge in [-0.1, -0.05) is 61.9 Å². The first-order valence-corrected chi connectivity index (χ1v) is 6.63. The molecule has 3 rings (SSSR count). The average molecular weight is 224 g/mol. The summed E-state index contributed by atoms with van der Waals surface area (Å²) in [5.41, 5.74) is 5.18. The van der Waals surface area contributed by atoms with Crippen LogP contribution in [-0.4, -0.2) is 0 Å². The molecule has 0 aliphatic heterocycles. The highest BCUT2D eigenvalue weighted by molar-refractivity contribution is 5.46. The molecule has 0 spiro atoms. The van der Waals surface area contributed by atoms with Crippen molar-refractivity contribution in [2.24, 2.45) is 5.41 Å². The Morgan fingerprint density at radius 2 is 1.88 bits per heavy atom. The summed E-state index contributed by atoms with van der Waals surface area (Å²) in [7, 11) is 0. The molecule has 0 aromatic heterocycles. The fourth-order valence-electron chi connectivity index (χ4n) is 3.36. The van der Waals surface area contributed by atoms with Crippen molar-refractivity contribution in [3.8, 4) is 0 Å². The fourth-order valence-corrected chi connectivity index (χ4v) is 3.36. The molecule has 0 nitrogen and oxygen atoms in total. The number of allylic oxidation sites excluding steroid dienone is 4. The molecule has 0 heteroatoms. The van der Waals surface area contributed by atoms with Gasteiger partial charge in [0.2, 0.25) is 0 Å². The van der Waals surface area contributed by atoms with E-state index in [1.807, 2.05) is 0 Å². The molecule has 1 aromatic rings. The van der Waals surface area contributed by atoms with E-state index in [0.29, 0.717) is 11.3 Å². The lowest BCUT2D eigenvalue weighted by Crippen LogP contribution is -2.23. The van der Waals surface area contributed by atoms with E-state index in [4.69, 9.17) is 0 Å². The number of hydrogen-bond acceptors (Lipinski definition) is 0. The quantitative estimate of drug-likeness (QED) is 0.640. The summed E-state index contributed by atoms with van der Waals surface area (Å²) in [5, 5.41) is 0. The predicted molar refractivity (Wildman–Crippen MR) is 73.0 cm³/mol. The van der Waals surface area contributed by atoms with Crippen LogP contribution >= 0.6 is 0 Å². The highest BCUT2D eigenvalue weighted by Crippen LogP contribution is 2.50. The van der Waals surface area contributed by atoms with Crippen molar-refractivity contribution in [2.45, 2.75) is 39.0 Å². The maximum atomic E-state index is 2.40. The maximum Gasteiger partial charge on any atom is 0.00894 e. The molecule has 0 fully saturated rings. The van der Waals surface area contributed by atoms with Crippen LogP contribution in [0.25, 0.3) is 0 Å². The molecule has 0 saturated heterocycles. The first-order chi connectivity index (χ1) is 8.18. The fraction of sp³-hybridized carbons (Fsp3) is 0.412. The maximum absolute atomic E-state index is 2.40. The van der Waals surface area contributed by atoms with E-state index in [2.05, 4.69) is 56.3 Å². The number of hydrogen-bond donors (Lipinski definition) is 0. The molecular formula is C17H20. The number of benzene rings is 1. The van der Waals surface area contributed by atoms with Gasteiger partial charge in [0.05, 0.1) is 0 Å². The van der Waals surface area contributed by atoms with Gasteiger partial charge in [0, 0.05) is 5.92 Å². The van der Waals surface area contributed by atoms with Crippen molar-refractivity contribution in [1.29, 1.82) is 0 Å². The highest BCUT2D eigenvalue weighted by Gasteiger charge is 2.35. The lowest BCUT2D eigenvalue weighted by Gasteiger charge is -2.37. The molecule has 0 bridgehead atoms. The predicted octanol–water partition coefficient (Wildman–Crippen LogP) is 4.85. The molecule has 2 aliphatic rings. The van der Waals surface area contributed by atoms with Gasteiger partial charge in [-0.3, -0.25) is 0 Å². The SMILES string of the molecule is CC1(C)CCC(c2ccccc2)C2=C1CC=C2. The summed E-state index contributed by atoms with van der Waals surface area (Å²) in [6.45, 7) is 4.80. The van der Waals surface area contributed by atoms with Gasteiger partial charge in [0.1, 0.15) is 0 Å². The van der Waals surface area contributed by atoms with Crippen LogP contribution in [0.5, 0.6) is 0 Å². The minimum Gasteiger partial charge on any atom is -0.0801 e. The molecule has 17 heavy (non-hydrogen) atoms. The smallest absolute Gasteiger partial charge is 0.00894 e. The second-order valence-electron chi connectivity index (χ2n) is 5.93. The molecule has 1 atom stereocenters. The van der Waals surface area contributed by atoms with E-state index in [1.165, 1.54) is 24.8 Å². The van der Waals surface area contributed by atoms with Crippen molar-refractivity contribution in [3.05, 3.63) is 59.2 Å². The average Bonchev–Trinajstić information content (AvgIpc) is 2.81. The zero-order valence-corrected chi connectivity index (χ0v) is 10.7. The Labute approximate surface area is 104 Å².